The molecule has 0 aromatic rings. The van der Waals surface area contributed by atoms with Gasteiger partial charge in [0, 0.05) is 0 Å². The van der Waals surface area contributed by atoms with Crippen LogP contribution >= 0.6 is 11.8 Å². The molecule has 4 heteroatoms. The van der Waals surface area contributed by atoms with Crippen LogP contribution in [0.2, 0.25) is 0 Å². The number of carbonyl (C=O) groups is 1. The molecule has 0 aliphatic carbocycles. The van der Waals surface area contributed by atoms with Crippen LogP contribution in [0.25, 0.3) is 0 Å². The summed E-state index contributed by atoms with van der Waals surface area (Å²) in [6, 6.07) is -0.215. The summed E-state index contributed by atoms with van der Waals surface area (Å²) < 4.78 is 0. The van der Waals surface area contributed by atoms with Crippen molar-refractivity contribution in [3.05, 3.63) is 0 Å². The number of piperidine rings is 1. The van der Waals surface area contributed by atoms with Gasteiger partial charge in [-0.3, -0.25) is 9.69 Å². The molecule has 1 N–H and O–H groups in total. The molecule has 1 fully saturated rings. The zero-order chi connectivity index (χ0) is 11.1. The first-order valence-corrected chi connectivity index (χ1v) is 7.11. The topological polar surface area (TPSA) is 40.5 Å². The highest BCUT2D eigenvalue weighted by atomic mass is 32.2. The molecule has 0 aromatic heterocycles. The van der Waals surface area contributed by atoms with Crippen LogP contribution in [-0.4, -0.2) is 47.1 Å². The average Bonchev–Trinajstić information content (AvgIpc) is 2.25. The van der Waals surface area contributed by atoms with E-state index in [0.29, 0.717) is 0 Å². The van der Waals surface area contributed by atoms with Gasteiger partial charge in [-0.25, -0.2) is 0 Å². The van der Waals surface area contributed by atoms with Crippen molar-refractivity contribution in [3.63, 3.8) is 0 Å². The molecule has 1 unspecified atom stereocenters. The van der Waals surface area contributed by atoms with E-state index in [1.807, 2.05) is 11.8 Å². The number of hydrogen-bond donors (Lipinski definition) is 1. The fraction of sp³-hybridized carbons (Fsp3) is 0.909. The van der Waals surface area contributed by atoms with Crippen molar-refractivity contribution < 1.29 is 9.90 Å². The maximum Gasteiger partial charge on any atom is 0.320 e. The van der Waals surface area contributed by atoms with E-state index in [1.165, 1.54) is 12.2 Å². The molecule has 0 saturated carbocycles. The molecule has 15 heavy (non-hydrogen) atoms. The number of rotatable bonds is 6. The largest absolute Gasteiger partial charge is 0.480 e. The van der Waals surface area contributed by atoms with Crippen LogP contribution in [0.5, 0.6) is 0 Å². The number of carboxylic acid groups (broad SMARTS) is 1. The minimum Gasteiger partial charge on any atom is -0.480 e. The second-order valence-corrected chi connectivity index (χ2v) is 5.07. The fourth-order valence-corrected chi connectivity index (χ4v) is 2.59. The minimum atomic E-state index is -0.639. The first-order valence-electron chi connectivity index (χ1n) is 5.71. The van der Waals surface area contributed by atoms with Crippen molar-refractivity contribution in [1.29, 1.82) is 0 Å². The Kier molecular flexibility index (Phi) is 6.10. The van der Waals surface area contributed by atoms with Crippen molar-refractivity contribution in [2.75, 3.05) is 25.1 Å². The zero-order valence-corrected chi connectivity index (χ0v) is 10.3. The van der Waals surface area contributed by atoms with E-state index in [-0.39, 0.29) is 6.04 Å². The Morgan fingerprint density at radius 1 is 1.47 bits per heavy atom. The Hall–Kier alpha value is -0.220. The maximum atomic E-state index is 11.0. The van der Waals surface area contributed by atoms with E-state index < -0.39 is 5.97 Å². The van der Waals surface area contributed by atoms with Crippen molar-refractivity contribution >= 4 is 17.7 Å². The summed E-state index contributed by atoms with van der Waals surface area (Å²) in [4.78, 5) is 13.2. The standard InChI is InChI=1S/C11H21NO2S/c1-15-9-5-4-8-12-7-3-2-6-10(12)11(13)14/h10H,2-9H2,1H3,(H,13,14). The molecule has 0 amide bonds. The van der Waals surface area contributed by atoms with Crippen molar-refractivity contribution in [3.8, 4) is 0 Å². The van der Waals surface area contributed by atoms with Gasteiger partial charge in [-0.2, -0.15) is 11.8 Å². The number of unbranched alkanes of at least 4 members (excludes halogenated alkanes) is 1. The third-order valence-corrected chi connectivity index (χ3v) is 3.64. The molecule has 0 radical (unpaired) electrons. The van der Waals surface area contributed by atoms with Gasteiger partial charge in [-0.1, -0.05) is 6.42 Å². The second-order valence-electron chi connectivity index (χ2n) is 4.09. The number of aliphatic carboxylic acids is 1. The van der Waals surface area contributed by atoms with Crippen LogP contribution in [0.4, 0.5) is 0 Å². The number of thioether (sulfide) groups is 1. The van der Waals surface area contributed by atoms with E-state index in [1.54, 1.807) is 0 Å². The molecule has 1 aliphatic rings. The molecule has 1 heterocycles. The summed E-state index contributed by atoms with van der Waals surface area (Å²) in [7, 11) is 0. The summed E-state index contributed by atoms with van der Waals surface area (Å²) in [6.45, 7) is 1.92. The lowest BCUT2D eigenvalue weighted by Gasteiger charge is -2.32. The molecule has 0 bridgehead atoms. The third kappa shape index (κ3) is 4.43. The number of nitrogens with zero attached hydrogens (tertiary/aromatic N) is 1. The van der Waals surface area contributed by atoms with Gasteiger partial charge in [-0.15, -0.1) is 0 Å². The van der Waals surface area contributed by atoms with E-state index in [2.05, 4.69) is 11.2 Å². The van der Waals surface area contributed by atoms with Crippen LogP contribution < -0.4 is 0 Å². The molecule has 0 aromatic carbocycles. The maximum absolute atomic E-state index is 11.0. The van der Waals surface area contributed by atoms with Gasteiger partial charge in [0.05, 0.1) is 0 Å². The van der Waals surface area contributed by atoms with Crippen LogP contribution in [0.3, 0.4) is 0 Å². The normalized spacial score (nSPS) is 22.9. The van der Waals surface area contributed by atoms with Gasteiger partial charge >= 0.3 is 5.97 Å². The molecular formula is C11H21NO2S. The lowest BCUT2D eigenvalue weighted by molar-refractivity contribution is -0.144. The lowest BCUT2D eigenvalue weighted by atomic mass is 10.0. The van der Waals surface area contributed by atoms with E-state index >= 15 is 0 Å². The first kappa shape index (κ1) is 12.8. The predicted molar refractivity (Wildman–Crippen MR) is 64.5 cm³/mol. The Morgan fingerprint density at radius 2 is 2.27 bits per heavy atom. The molecular weight excluding hydrogens is 210 g/mol. The van der Waals surface area contributed by atoms with Gasteiger partial charge in [0.25, 0.3) is 0 Å². The smallest absolute Gasteiger partial charge is 0.320 e. The average molecular weight is 231 g/mol. The Morgan fingerprint density at radius 3 is 2.93 bits per heavy atom. The monoisotopic (exact) mass is 231 g/mol. The zero-order valence-electron chi connectivity index (χ0n) is 9.45. The van der Waals surface area contributed by atoms with E-state index in [9.17, 15) is 4.79 Å². The number of hydrogen-bond acceptors (Lipinski definition) is 3. The van der Waals surface area contributed by atoms with Crippen molar-refractivity contribution in [1.82, 2.24) is 4.90 Å². The second kappa shape index (κ2) is 7.12. The van der Waals surface area contributed by atoms with Crippen molar-refractivity contribution in [2.24, 2.45) is 0 Å². The van der Waals surface area contributed by atoms with Gasteiger partial charge in [0.1, 0.15) is 6.04 Å². The molecule has 1 atom stereocenters. The van der Waals surface area contributed by atoms with Gasteiger partial charge in [0.2, 0.25) is 0 Å². The number of carboxylic acids is 1. The van der Waals surface area contributed by atoms with Crippen LogP contribution in [0, 0.1) is 0 Å². The Balaban J connectivity index is 2.26. The van der Waals surface area contributed by atoms with Crippen LogP contribution in [0.15, 0.2) is 0 Å². The summed E-state index contributed by atoms with van der Waals surface area (Å²) in [5.74, 6) is 0.547. The lowest BCUT2D eigenvalue weighted by Crippen LogP contribution is -2.44. The molecule has 1 aliphatic heterocycles. The summed E-state index contributed by atoms with van der Waals surface area (Å²) >= 11 is 1.86. The number of likely N-dealkylation sites (tertiary alicyclic amines) is 1. The SMILES string of the molecule is CSCCCCN1CCCCC1C(=O)O. The fourth-order valence-electron chi connectivity index (χ4n) is 2.10. The highest BCUT2D eigenvalue weighted by molar-refractivity contribution is 7.98. The summed E-state index contributed by atoms with van der Waals surface area (Å²) in [5, 5.41) is 9.07. The Labute approximate surface area is 96.2 Å². The molecule has 1 rings (SSSR count). The highest BCUT2D eigenvalue weighted by Crippen LogP contribution is 2.17. The minimum absolute atomic E-state index is 0.215. The summed E-state index contributed by atoms with van der Waals surface area (Å²) in [6.07, 6.45) is 7.50. The van der Waals surface area contributed by atoms with Gasteiger partial charge < -0.3 is 5.11 Å². The molecule has 3 nitrogen and oxygen atoms in total. The van der Waals surface area contributed by atoms with Crippen LogP contribution in [0.1, 0.15) is 32.1 Å². The van der Waals surface area contributed by atoms with E-state index in [0.717, 1.165) is 38.8 Å². The highest BCUT2D eigenvalue weighted by Gasteiger charge is 2.27. The molecule has 1 saturated heterocycles. The van der Waals surface area contributed by atoms with Gasteiger partial charge in [-0.05, 0) is 50.8 Å². The molecule has 88 valence electrons. The van der Waals surface area contributed by atoms with Crippen molar-refractivity contribution in [2.45, 2.75) is 38.1 Å². The predicted octanol–water partition coefficient (Wildman–Crippen LogP) is 2.07. The third-order valence-electron chi connectivity index (χ3n) is 2.94. The van der Waals surface area contributed by atoms with Gasteiger partial charge in [0.15, 0.2) is 0 Å². The van der Waals surface area contributed by atoms with E-state index in [4.69, 9.17) is 5.11 Å². The molecule has 0 spiro atoms. The first-order chi connectivity index (χ1) is 7.25. The van der Waals surface area contributed by atoms with Crippen LogP contribution in [-0.2, 0) is 4.79 Å². The quantitative estimate of drug-likeness (QED) is 0.710. The summed E-state index contributed by atoms with van der Waals surface area (Å²) in [5.41, 5.74) is 0. The Bertz CT molecular complexity index is 199.